The van der Waals surface area contributed by atoms with Crippen molar-refractivity contribution < 1.29 is 4.79 Å². The molecule has 114 valence electrons. The van der Waals surface area contributed by atoms with Gasteiger partial charge in [-0.1, -0.05) is 23.8 Å². The number of thiophene rings is 1. The van der Waals surface area contributed by atoms with E-state index in [4.69, 9.17) is 0 Å². The van der Waals surface area contributed by atoms with Gasteiger partial charge in [0, 0.05) is 24.2 Å². The number of carbonyl (C=O) groups excluding carboxylic acids is 1. The summed E-state index contributed by atoms with van der Waals surface area (Å²) >= 11 is 1.53. The first-order valence-corrected chi connectivity index (χ1v) is 8.69. The van der Waals surface area contributed by atoms with Gasteiger partial charge in [0.15, 0.2) is 0 Å². The number of carbonyl (C=O) groups is 1. The highest BCUT2D eigenvalue weighted by molar-refractivity contribution is 7.12. The monoisotopic (exact) mass is 312 g/mol. The molecule has 2 atom stereocenters. The van der Waals surface area contributed by atoms with Gasteiger partial charge in [-0.25, -0.2) is 0 Å². The quantitative estimate of drug-likeness (QED) is 0.804. The molecule has 2 aromatic rings. The maximum absolute atomic E-state index is 13.0. The summed E-state index contributed by atoms with van der Waals surface area (Å²) < 4.78 is 0. The zero-order chi connectivity index (χ0) is 15.3. The van der Waals surface area contributed by atoms with Crippen LogP contribution in [0.15, 0.2) is 35.7 Å². The molecule has 0 aliphatic carbocycles. The number of hydrogen-bond acceptors (Lipinski definition) is 3. The number of amides is 1. The average molecular weight is 312 g/mol. The molecular weight excluding hydrogens is 292 g/mol. The minimum atomic E-state index is 0.164. The summed E-state index contributed by atoms with van der Waals surface area (Å²) in [6, 6.07) is 10.7. The van der Waals surface area contributed by atoms with Crippen molar-refractivity contribution in [2.75, 3.05) is 25.0 Å². The standard InChI is InChI=1S/C18H20N2OS/c1-12-5-6-15-13(10-12)14-11-19(2)8-7-16(14)20(15)18(21)17-4-3-9-22-17/h3-6,9-10,14,16H,7-8,11H2,1-2H3/t14-,16-/m0/s1. The Morgan fingerprint density at radius 2 is 2.18 bits per heavy atom. The fraction of sp³-hybridized carbons (Fsp3) is 0.389. The van der Waals surface area contributed by atoms with Crippen LogP contribution < -0.4 is 4.90 Å². The van der Waals surface area contributed by atoms with Crippen molar-refractivity contribution >= 4 is 22.9 Å². The number of fused-ring (bicyclic) bond motifs is 3. The van der Waals surface area contributed by atoms with Crippen LogP contribution in [0.3, 0.4) is 0 Å². The summed E-state index contributed by atoms with van der Waals surface area (Å²) in [6.07, 6.45) is 1.05. The Morgan fingerprint density at radius 1 is 1.32 bits per heavy atom. The molecular formula is C18H20N2OS. The van der Waals surface area contributed by atoms with Crippen LogP contribution in [0.5, 0.6) is 0 Å². The van der Waals surface area contributed by atoms with Crippen LogP contribution in [-0.2, 0) is 0 Å². The van der Waals surface area contributed by atoms with Crippen molar-refractivity contribution in [2.45, 2.75) is 25.3 Å². The van der Waals surface area contributed by atoms with Crippen LogP contribution >= 0.6 is 11.3 Å². The van der Waals surface area contributed by atoms with Gasteiger partial charge in [0.2, 0.25) is 0 Å². The van der Waals surface area contributed by atoms with E-state index >= 15 is 0 Å². The topological polar surface area (TPSA) is 23.6 Å². The number of likely N-dealkylation sites (N-methyl/N-ethyl adjacent to an activating group) is 1. The number of nitrogens with zero attached hydrogens (tertiary/aromatic N) is 2. The lowest BCUT2D eigenvalue weighted by atomic mass is 9.89. The van der Waals surface area contributed by atoms with E-state index < -0.39 is 0 Å². The van der Waals surface area contributed by atoms with Crippen molar-refractivity contribution in [2.24, 2.45) is 0 Å². The van der Waals surface area contributed by atoms with Crippen molar-refractivity contribution in [3.05, 3.63) is 51.7 Å². The molecule has 0 radical (unpaired) electrons. The molecule has 22 heavy (non-hydrogen) atoms. The van der Waals surface area contributed by atoms with E-state index in [9.17, 15) is 4.79 Å². The molecule has 0 unspecified atom stereocenters. The van der Waals surface area contributed by atoms with Gasteiger partial charge in [-0.15, -0.1) is 11.3 Å². The molecule has 1 amide bonds. The van der Waals surface area contributed by atoms with Gasteiger partial charge in [-0.05, 0) is 50.0 Å². The number of likely N-dealkylation sites (tertiary alicyclic amines) is 1. The van der Waals surface area contributed by atoms with E-state index in [1.54, 1.807) is 0 Å². The zero-order valence-electron chi connectivity index (χ0n) is 13.0. The summed E-state index contributed by atoms with van der Waals surface area (Å²) in [4.78, 5) is 18.3. The first kappa shape index (κ1) is 14.0. The van der Waals surface area contributed by atoms with Gasteiger partial charge in [-0.3, -0.25) is 4.79 Å². The van der Waals surface area contributed by atoms with Gasteiger partial charge >= 0.3 is 0 Å². The van der Waals surface area contributed by atoms with Gasteiger partial charge in [0.25, 0.3) is 5.91 Å². The third-order valence-electron chi connectivity index (χ3n) is 4.90. The molecule has 0 N–H and O–H groups in total. The van der Waals surface area contributed by atoms with Crippen molar-refractivity contribution in [3.8, 4) is 0 Å². The summed E-state index contributed by atoms with van der Waals surface area (Å²) in [5.41, 5.74) is 3.74. The molecule has 1 saturated heterocycles. The van der Waals surface area contributed by atoms with Gasteiger partial charge in [0.05, 0.1) is 4.88 Å². The molecule has 3 nitrogen and oxygen atoms in total. The van der Waals surface area contributed by atoms with Gasteiger partial charge < -0.3 is 9.80 Å². The first-order valence-electron chi connectivity index (χ1n) is 7.81. The first-order chi connectivity index (χ1) is 10.6. The molecule has 0 saturated carbocycles. The Bertz CT molecular complexity index is 710. The molecule has 1 aromatic heterocycles. The number of aryl methyl sites for hydroxylation is 1. The predicted molar refractivity (Wildman–Crippen MR) is 91.0 cm³/mol. The summed E-state index contributed by atoms with van der Waals surface area (Å²) in [6.45, 7) is 4.23. The largest absolute Gasteiger partial charge is 0.306 e. The molecule has 2 aliphatic rings. The van der Waals surface area contributed by atoms with Crippen LogP contribution in [0, 0.1) is 6.92 Å². The Hall–Kier alpha value is -1.65. The zero-order valence-corrected chi connectivity index (χ0v) is 13.8. The second-order valence-corrected chi connectivity index (χ2v) is 7.39. The van der Waals surface area contributed by atoms with Gasteiger partial charge in [-0.2, -0.15) is 0 Å². The minimum absolute atomic E-state index is 0.164. The van der Waals surface area contributed by atoms with Crippen molar-refractivity contribution in [1.82, 2.24) is 4.90 Å². The number of piperidine rings is 1. The predicted octanol–water partition coefficient (Wildman–Crippen LogP) is 3.50. The molecule has 4 heteroatoms. The second-order valence-electron chi connectivity index (χ2n) is 6.44. The number of hydrogen-bond donors (Lipinski definition) is 0. The van der Waals surface area contributed by atoms with E-state index in [0.29, 0.717) is 12.0 Å². The molecule has 0 spiro atoms. The van der Waals surface area contributed by atoms with E-state index in [1.165, 1.54) is 22.5 Å². The van der Waals surface area contributed by atoms with Crippen LogP contribution in [0.2, 0.25) is 0 Å². The van der Waals surface area contributed by atoms with Crippen LogP contribution in [0.4, 0.5) is 5.69 Å². The van der Waals surface area contributed by atoms with Crippen LogP contribution in [0.1, 0.15) is 33.1 Å². The third-order valence-corrected chi connectivity index (χ3v) is 5.76. The van der Waals surface area contributed by atoms with E-state index in [0.717, 1.165) is 30.1 Å². The van der Waals surface area contributed by atoms with Crippen molar-refractivity contribution in [3.63, 3.8) is 0 Å². The molecule has 1 aromatic carbocycles. The van der Waals surface area contributed by atoms with E-state index in [-0.39, 0.29) is 5.91 Å². The van der Waals surface area contributed by atoms with Crippen LogP contribution in [0.25, 0.3) is 0 Å². The van der Waals surface area contributed by atoms with Gasteiger partial charge in [0.1, 0.15) is 0 Å². The fourth-order valence-electron chi connectivity index (χ4n) is 3.87. The lowest BCUT2D eigenvalue weighted by Gasteiger charge is -2.36. The Labute approximate surface area is 135 Å². The number of benzene rings is 1. The average Bonchev–Trinajstić information content (AvgIpc) is 3.13. The normalized spacial score (nSPS) is 24.2. The fourth-order valence-corrected chi connectivity index (χ4v) is 4.53. The highest BCUT2D eigenvalue weighted by atomic mass is 32.1. The highest BCUT2D eigenvalue weighted by Crippen LogP contribution is 2.45. The lowest BCUT2D eigenvalue weighted by molar-refractivity contribution is 0.0968. The third kappa shape index (κ3) is 2.09. The summed E-state index contributed by atoms with van der Waals surface area (Å²) in [5.74, 6) is 0.606. The Balaban J connectivity index is 1.80. The minimum Gasteiger partial charge on any atom is -0.306 e. The second kappa shape index (κ2) is 5.21. The van der Waals surface area contributed by atoms with Crippen molar-refractivity contribution in [1.29, 1.82) is 0 Å². The summed E-state index contributed by atoms with van der Waals surface area (Å²) in [5, 5.41) is 1.98. The number of rotatable bonds is 1. The number of anilines is 1. The van der Waals surface area contributed by atoms with E-state index in [1.807, 2.05) is 17.5 Å². The molecule has 4 rings (SSSR count). The summed E-state index contributed by atoms with van der Waals surface area (Å²) in [7, 11) is 2.18. The van der Waals surface area contributed by atoms with E-state index in [2.05, 4.69) is 42.0 Å². The molecule has 0 bridgehead atoms. The molecule has 2 aliphatic heterocycles. The Kier molecular flexibility index (Phi) is 3.31. The lowest BCUT2D eigenvalue weighted by Crippen LogP contribution is -2.47. The Morgan fingerprint density at radius 3 is 2.95 bits per heavy atom. The van der Waals surface area contributed by atoms with Crippen LogP contribution in [-0.4, -0.2) is 37.0 Å². The maximum atomic E-state index is 13.0. The molecule has 3 heterocycles. The maximum Gasteiger partial charge on any atom is 0.268 e. The smallest absolute Gasteiger partial charge is 0.268 e. The SMILES string of the molecule is Cc1ccc2c(c1)[C@@H]1CN(C)CC[C@@H]1N2C(=O)c1cccs1. The molecule has 1 fully saturated rings. The highest BCUT2D eigenvalue weighted by Gasteiger charge is 2.44.